The topological polar surface area (TPSA) is 3.24 Å². The van der Waals surface area contributed by atoms with E-state index in [9.17, 15) is 0 Å². The molecule has 0 bridgehead atoms. The summed E-state index contributed by atoms with van der Waals surface area (Å²) >= 11 is 0. The Hall–Kier alpha value is 1.60. The van der Waals surface area contributed by atoms with Gasteiger partial charge in [0.2, 0.25) is 0 Å². The molecule has 2 aliphatic carbocycles. The van der Waals surface area contributed by atoms with E-state index in [0.29, 0.717) is 0 Å². The second-order valence-electron chi connectivity index (χ2n) is 5.10. The van der Waals surface area contributed by atoms with E-state index in [-0.39, 0.29) is 52.8 Å². The molecule has 0 spiro atoms. The zero-order valence-electron chi connectivity index (χ0n) is 10.00. The number of nitrogens with zero attached hydrogens (tertiary/aromatic N) is 1. The minimum absolute atomic E-state index is 0. The fraction of sp³-hybridized carbons (Fsp3) is 1.00. The summed E-state index contributed by atoms with van der Waals surface area (Å²) in [4.78, 5) is 2.76. The van der Waals surface area contributed by atoms with Gasteiger partial charge in [0.25, 0.3) is 0 Å². The average Bonchev–Trinajstić information content (AvgIpc) is 2.49. The number of hydrogen-bond acceptors (Lipinski definition) is 1. The van der Waals surface area contributed by atoms with Gasteiger partial charge in [-0.3, -0.25) is 0 Å². The third kappa shape index (κ3) is 1.72. The molecule has 0 N–H and O–H groups in total. The summed E-state index contributed by atoms with van der Waals surface area (Å²) in [6.45, 7) is 5.25. The zero-order valence-corrected chi connectivity index (χ0v) is 12.1. The van der Waals surface area contributed by atoms with Crippen LogP contribution in [-0.2, 0) is 0 Å². The molecule has 0 amide bonds. The number of fused-ring (bicyclic) bond motifs is 1. The van der Waals surface area contributed by atoms with Crippen LogP contribution >= 0.6 is 0 Å². The van der Waals surface area contributed by atoms with Gasteiger partial charge in [0, 0.05) is 6.04 Å². The molecular formula is C11H20KN. The normalized spacial score (nSPS) is 48.7. The minimum Gasteiger partial charge on any atom is -1.00 e. The van der Waals surface area contributed by atoms with Crippen molar-refractivity contribution in [3.63, 3.8) is 0 Å². The summed E-state index contributed by atoms with van der Waals surface area (Å²) < 4.78 is 0. The summed E-state index contributed by atoms with van der Waals surface area (Å²) in [6.07, 6.45) is 5.99. The first-order valence-corrected chi connectivity index (χ1v) is 5.60. The molecule has 0 aromatic rings. The Morgan fingerprint density at radius 2 is 1.85 bits per heavy atom. The van der Waals surface area contributed by atoms with Gasteiger partial charge in [0.1, 0.15) is 0 Å². The van der Waals surface area contributed by atoms with Crippen LogP contribution in [0.3, 0.4) is 0 Å². The molecule has 1 heterocycles. The van der Waals surface area contributed by atoms with E-state index >= 15 is 0 Å². The van der Waals surface area contributed by atoms with E-state index in [2.05, 4.69) is 11.8 Å². The van der Waals surface area contributed by atoms with E-state index < -0.39 is 0 Å². The average molecular weight is 205 g/mol. The van der Waals surface area contributed by atoms with Gasteiger partial charge in [-0.2, -0.15) is 0 Å². The third-order valence-electron chi connectivity index (χ3n) is 4.47. The van der Waals surface area contributed by atoms with E-state index in [0.717, 1.165) is 23.8 Å². The Labute approximate surface area is 126 Å². The maximum atomic E-state index is 2.76. The van der Waals surface area contributed by atoms with Gasteiger partial charge >= 0.3 is 51.4 Å². The van der Waals surface area contributed by atoms with Crippen molar-refractivity contribution in [3.8, 4) is 0 Å². The third-order valence-corrected chi connectivity index (χ3v) is 4.47. The Morgan fingerprint density at radius 1 is 1.15 bits per heavy atom. The van der Waals surface area contributed by atoms with Crippen LogP contribution in [0.5, 0.6) is 0 Å². The van der Waals surface area contributed by atoms with Crippen LogP contribution in [0, 0.1) is 17.8 Å². The molecule has 0 radical (unpaired) electrons. The van der Waals surface area contributed by atoms with Crippen molar-refractivity contribution in [1.82, 2.24) is 4.90 Å². The largest absolute Gasteiger partial charge is 1.00 e. The minimum atomic E-state index is 0. The Bertz CT molecular complexity index is 188. The standard InChI is InChI=1S/C11H19N.K.H/c1-8-6-9-7-10(11(8)9)12-4-2-3-5-12;;/h8-11H,2-7H2,1H3;;/q;+1;-1. The number of rotatable bonds is 1. The fourth-order valence-electron chi connectivity index (χ4n) is 3.74. The van der Waals surface area contributed by atoms with Gasteiger partial charge in [-0.1, -0.05) is 6.92 Å². The van der Waals surface area contributed by atoms with Crippen molar-refractivity contribution < 1.29 is 52.8 Å². The van der Waals surface area contributed by atoms with Gasteiger partial charge in [-0.05, 0) is 56.5 Å². The van der Waals surface area contributed by atoms with Crippen molar-refractivity contribution in [2.45, 2.75) is 38.6 Å². The van der Waals surface area contributed by atoms with Crippen molar-refractivity contribution in [1.29, 1.82) is 0 Å². The van der Waals surface area contributed by atoms with Crippen LogP contribution in [0.1, 0.15) is 34.0 Å². The van der Waals surface area contributed by atoms with Crippen molar-refractivity contribution in [2.24, 2.45) is 17.8 Å². The first-order chi connectivity index (χ1) is 5.86. The summed E-state index contributed by atoms with van der Waals surface area (Å²) in [6, 6.07) is 1.02. The zero-order chi connectivity index (χ0) is 8.13. The van der Waals surface area contributed by atoms with Crippen LogP contribution in [-0.4, -0.2) is 24.0 Å². The van der Waals surface area contributed by atoms with Crippen LogP contribution < -0.4 is 51.4 Å². The summed E-state index contributed by atoms with van der Waals surface area (Å²) in [5.41, 5.74) is 0. The summed E-state index contributed by atoms with van der Waals surface area (Å²) in [7, 11) is 0. The van der Waals surface area contributed by atoms with E-state index in [1.54, 1.807) is 0 Å². The quantitative estimate of drug-likeness (QED) is 0.509. The Morgan fingerprint density at radius 3 is 2.38 bits per heavy atom. The second kappa shape index (κ2) is 4.23. The second-order valence-corrected chi connectivity index (χ2v) is 5.10. The van der Waals surface area contributed by atoms with E-state index in [1.807, 2.05) is 0 Å². The van der Waals surface area contributed by atoms with Gasteiger partial charge in [-0.25, -0.2) is 0 Å². The fourth-order valence-corrected chi connectivity index (χ4v) is 3.74. The van der Waals surface area contributed by atoms with Crippen LogP contribution in [0.2, 0.25) is 0 Å². The van der Waals surface area contributed by atoms with Crippen molar-refractivity contribution in [3.05, 3.63) is 0 Å². The molecule has 0 aromatic carbocycles. The molecule has 70 valence electrons. The van der Waals surface area contributed by atoms with Crippen molar-refractivity contribution in [2.75, 3.05) is 13.1 Å². The number of hydrogen-bond donors (Lipinski definition) is 0. The molecule has 1 nitrogen and oxygen atoms in total. The maximum Gasteiger partial charge on any atom is 1.00 e. The van der Waals surface area contributed by atoms with E-state index in [1.165, 1.54) is 38.8 Å². The molecule has 0 aromatic heterocycles. The summed E-state index contributed by atoms with van der Waals surface area (Å²) in [5.74, 6) is 3.31. The number of likely N-dealkylation sites (tertiary alicyclic amines) is 1. The van der Waals surface area contributed by atoms with Gasteiger partial charge < -0.3 is 6.33 Å². The molecule has 4 atom stereocenters. The van der Waals surface area contributed by atoms with Crippen LogP contribution in [0.25, 0.3) is 0 Å². The molecule has 3 aliphatic rings. The van der Waals surface area contributed by atoms with Gasteiger partial charge in [0.05, 0.1) is 0 Å². The molecule has 4 unspecified atom stereocenters. The maximum absolute atomic E-state index is 2.76. The molecule has 1 saturated heterocycles. The van der Waals surface area contributed by atoms with Crippen LogP contribution in [0.15, 0.2) is 0 Å². The van der Waals surface area contributed by atoms with E-state index in [4.69, 9.17) is 0 Å². The predicted molar refractivity (Wildman–Crippen MR) is 51.1 cm³/mol. The molecule has 1 aliphatic heterocycles. The summed E-state index contributed by atoms with van der Waals surface area (Å²) in [5, 5.41) is 0. The molecular weight excluding hydrogens is 185 g/mol. The molecule has 2 saturated carbocycles. The van der Waals surface area contributed by atoms with Crippen molar-refractivity contribution >= 4 is 0 Å². The monoisotopic (exact) mass is 205 g/mol. The molecule has 13 heavy (non-hydrogen) atoms. The molecule has 3 fully saturated rings. The SMILES string of the molecule is CC1CC2CC(N3CCCC3)C12.[H-].[K+]. The molecule has 3 rings (SSSR count). The first-order valence-electron chi connectivity index (χ1n) is 5.60. The first kappa shape index (κ1) is 11.1. The van der Waals surface area contributed by atoms with Gasteiger partial charge in [0.15, 0.2) is 0 Å². The molecule has 2 heteroatoms. The smallest absolute Gasteiger partial charge is 1.00 e. The predicted octanol–water partition coefficient (Wildman–Crippen LogP) is -0.757. The van der Waals surface area contributed by atoms with Gasteiger partial charge in [-0.15, -0.1) is 0 Å². The van der Waals surface area contributed by atoms with Crippen LogP contribution in [0.4, 0.5) is 0 Å². The Kier molecular flexibility index (Phi) is 3.61. The Balaban J connectivity index is 0.000000490.